The van der Waals surface area contributed by atoms with Gasteiger partial charge in [-0.1, -0.05) is 97.8 Å². The van der Waals surface area contributed by atoms with Gasteiger partial charge in [-0.05, 0) is 127 Å². The van der Waals surface area contributed by atoms with E-state index in [0.29, 0.717) is 33.4 Å². The summed E-state index contributed by atoms with van der Waals surface area (Å²) in [7, 11) is 0. The maximum Gasteiger partial charge on any atom is 0.333 e. The molecule has 2 saturated carbocycles. The van der Waals surface area contributed by atoms with Crippen LogP contribution in [0.15, 0.2) is 126 Å². The Bertz CT molecular complexity index is 2330. The van der Waals surface area contributed by atoms with Gasteiger partial charge >= 0.3 is 11.9 Å². The highest BCUT2D eigenvalue weighted by Crippen LogP contribution is 2.43. The first-order valence-electron chi connectivity index (χ1n) is 21.4. The summed E-state index contributed by atoms with van der Waals surface area (Å²) in [5, 5.41) is 11.5. The number of hydrogen-bond acceptors (Lipinski definition) is 8. The molecule has 8 heteroatoms. The topological polar surface area (TPSA) is 96.4 Å². The second-order valence-electron chi connectivity index (χ2n) is 17.1. The van der Waals surface area contributed by atoms with Crippen LogP contribution in [0.1, 0.15) is 93.0 Å². The van der Waals surface area contributed by atoms with Crippen molar-refractivity contribution >= 4 is 40.4 Å². The van der Waals surface area contributed by atoms with Crippen molar-refractivity contribution < 1.29 is 29.0 Å². The fourth-order valence-electron chi connectivity index (χ4n) is 9.36. The predicted octanol–water partition coefficient (Wildman–Crippen LogP) is 11.1. The highest BCUT2D eigenvalue weighted by Gasteiger charge is 2.40. The number of hydrogen-bond donors (Lipinski definition) is 1. The summed E-state index contributed by atoms with van der Waals surface area (Å²) in [4.78, 5) is 44.0. The molecule has 0 spiro atoms. The van der Waals surface area contributed by atoms with Crippen molar-refractivity contribution in [1.29, 1.82) is 0 Å². The number of aliphatic hydroxyl groups excluding tert-OH is 1. The number of rotatable bonds is 11. The Morgan fingerprint density at radius 3 is 1.68 bits per heavy atom. The van der Waals surface area contributed by atoms with Crippen LogP contribution < -0.4 is 9.80 Å². The fourth-order valence-corrected chi connectivity index (χ4v) is 9.36. The van der Waals surface area contributed by atoms with Gasteiger partial charge in [-0.15, -0.1) is 0 Å². The molecule has 0 aliphatic heterocycles. The molecule has 60 heavy (non-hydrogen) atoms. The number of ether oxygens (including phenoxy) is 2. The highest BCUT2D eigenvalue weighted by atomic mass is 16.5. The van der Waals surface area contributed by atoms with Gasteiger partial charge in [0.15, 0.2) is 0 Å². The zero-order chi connectivity index (χ0) is 42.8. The van der Waals surface area contributed by atoms with Gasteiger partial charge < -0.3 is 24.4 Å². The number of aryl methyl sites for hydroxylation is 4. The minimum Gasteiger partial charge on any atom is -0.506 e. The minimum atomic E-state index is -0.380. The van der Waals surface area contributed by atoms with Crippen LogP contribution in [0.25, 0.3) is 5.57 Å². The Balaban J connectivity index is 1.17. The molecule has 0 saturated heterocycles. The van der Waals surface area contributed by atoms with Gasteiger partial charge in [-0.3, -0.25) is 4.79 Å². The van der Waals surface area contributed by atoms with Crippen molar-refractivity contribution in [3.05, 3.63) is 154 Å². The molecule has 4 atom stereocenters. The number of carbonyl (C=O) groups excluding carboxylic acids is 3. The Kier molecular flexibility index (Phi) is 12.5. The van der Waals surface area contributed by atoms with E-state index in [9.17, 15) is 19.5 Å². The zero-order valence-electron chi connectivity index (χ0n) is 35.9. The average Bonchev–Trinajstić information content (AvgIpc) is 3.22. The summed E-state index contributed by atoms with van der Waals surface area (Å²) in [6.07, 6.45) is 14.6. The van der Waals surface area contributed by atoms with E-state index in [-0.39, 0.29) is 53.8 Å². The molecule has 1 N–H and O–H groups in total. The number of nitrogens with zero attached hydrogens (tertiary/aromatic N) is 2. The molecular formula is C52H58N2O6. The number of Topliss-reactive ketones (excluding diaryl/α,β-unsaturated/α-hetero) is 1. The van der Waals surface area contributed by atoms with Crippen molar-refractivity contribution in [2.75, 3.05) is 9.80 Å². The van der Waals surface area contributed by atoms with Crippen LogP contribution in [0.4, 0.5) is 17.1 Å². The van der Waals surface area contributed by atoms with E-state index in [0.717, 1.165) is 85.1 Å². The Labute approximate surface area is 355 Å². The van der Waals surface area contributed by atoms with Gasteiger partial charge in [0.2, 0.25) is 5.78 Å². The summed E-state index contributed by atoms with van der Waals surface area (Å²) in [5.41, 5.74) is 10.2. The maximum absolute atomic E-state index is 13.9. The van der Waals surface area contributed by atoms with Crippen LogP contribution in [-0.2, 0) is 23.9 Å². The largest absolute Gasteiger partial charge is 0.506 e. The molecule has 0 amide bonds. The third-order valence-electron chi connectivity index (χ3n) is 12.4. The first-order valence-corrected chi connectivity index (χ1v) is 21.4. The summed E-state index contributed by atoms with van der Waals surface area (Å²) >= 11 is 0. The second-order valence-corrected chi connectivity index (χ2v) is 17.1. The predicted molar refractivity (Wildman–Crippen MR) is 240 cm³/mol. The maximum atomic E-state index is 13.9. The normalized spacial score (nSPS) is 22.6. The number of ketones is 1. The third-order valence-corrected chi connectivity index (χ3v) is 12.4. The van der Waals surface area contributed by atoms with E-state index in [1.165, 1.54) is 5.56 Å². The van der Waals surface area contributed by atoms with E-state index in [2.05, 4.69) is 99.2 Å². The number of aliphatic hydroxyl groups is 1. The standard InChI is InChI=1S/C52H58N2O6/c1-31(2)51(57)59-45-15-11-9-13-43(45)53(41-27-17-33(5)29-35(41)7)39-23-19-37(20-24-39)47-49(55)48(50(47)56)38-21-25-40(26-22-38)54(42-28-18-34(6)30-36(42)8)44-14-10-12-16-46(44)60-52(58)32(3)4/h17-30,39,43-46,55H,1,3,9-16H2,2,4-8H3. The third kappa shape index (κ3) is 8.56. The average molecular weight is 807 g/mol. The lowest BCUT2D eigenvalue weighted by atomic mass is 9.79. The molecule has 0 aromatic heterocycles. The highest BCUT2D eigenvalue weighted by molar-refractivity contribution is 6.39. The van der Waals surface area contributed by atoms with Crippen molar-refractivity contribution in [3.8, 4) is 0 Å². The van der Waals surface area contributed by atoms with Gasteiger partial charge in [0.1, 0.15) is 18.0 Å². The molecule has 312 valence electrons. The molecule has 3 aromatic carbocycles. The summed E-state index contributed by atoms with van der Waals surface area (Å²) < 4.78 is 12.1. The zero-order valence-corrected chi connectivity index (χ0v) is 35.9. The molecule has 0 radical (unpaired) electrons. The molecule has 4 unspecified atom stereocenters. The van der Waals surface area contributed by atoms with E-state index in [4.69, 9.17) is 9.47 Å². The molecule has 3 aromatic rings. The second kappa shape index (κ2) is 17.8. The lowest BCUT2D eigenvalue weighted by Crippen LogP contribution is -2.51. The van der Waals surface area contributed by atoms with E-state index in [1.807, 2.05) is 36.4 Å². The quantitative estimate of drug-likeness (QED) is 0.151. The van der Waals surface area contributed by atoms with Crippen molar-refractivity contribution in [2.24, 2.45) is 0 Å². The van der Waals surface area contributed by atoms with E-state index >= 15 is 0 Å². The van der Waals surface area contributed by atoms with Crippen molar-refractivity contribution in [2.45, 2.75) is 123 Å². The smallest absolute Gasteiger partial charge is 0.333 e. The summed E-state index contributed by atoms with van der Waals surface area (Å²) in [5.74, 6) is -0.983. The van der Waals surface area contributed by atoms with Crippen LogP contribution in [0.2, 0.25) is 0 Å². The van der Waals surface area contributed by atoms with Crippen LogP contribution in [0.5, 0.6) is 0 Å². The van der Waals surface area contributed by atoms with Gasteiger partial charge in [-0.25, -0.2) is 9.59 Å². The number of benzene rings is 3. The lowest BCUT2D eigenvalue weighted by molar-refractivity contribution is -0.147. The molecule has 0 heterocycles. The summed E-state index contributed by atoms with van der Waals surface area (Å²) in [6, 6.07) is 20.2. The first-order chi connectivity index (χ1) is 28.7. The Morgan fingerprint density at radius 1 is 0.667 bits per heavy atom. The summed E-state index contributed by atoms with van der Waals surface area (Å²) in [6.45, 7) is 19.3. The molecule has 2 fully saturated rings. The molecular weight excluding hydrogens is 749 g/mol. The number of allylic oxidation sites excluding steroid dienone is 5. The number of esters is 2. The van der Waals surface area contributed by atoms with Gasteiger partial charge in [0, 0.05) is 28.2 Å². The Hall–Kier alpha value is -5.89. The SMILES string of the molecule is C=C(C)C(=O)OC1CCCCC1N(c1ccc(C2=C(O)C(=C3C=CC(N(c4ccc(C)cc4C)C4CCCCC4OC(=O)C(=C)C)C=C3)C2=O)cc1)c1ccc(C)cc1C. The van der Waals surface area contributed by atoms with Gasteiger partial charge in [0.25, 0.3) is 0 Å². The van der Waals surface area contributed by atoms with Crippen LogP contribution in [-0.4, -0.2) is 53.2 Å². The van der Waals surface area contributed by atoms with E-state index < -0.39 is 0 Å². The van der Waals surface area contributed by atoms with Crippen LogP contribution >= 0.6 is 0 Å². The molecule has 4 aliphatic rings. The molecule has 0 bridgehead atoms. The lowest BCUT2D eigenvalue weighted by Gasteiger charge is -2.44. The van der Waals surface area contributed by atoms with Crippen molar-refractivity contribution in [1.82, 2.24) is 0 Å². The van der Waals surface area contributed by atoms with Crippen LogP contribution in [0, 0.1) is 27.7 Å². The molecule has 8 nitrogen and oxygen atoms in total. The minimum absolute atomic E-state index is 0.0222. The molecule has 4 aliphatic carbocycles. The fraction of sp³-hybridized carbons (Fsp3) is 0.365. The van der Waals surface area contributed by atoms with Gasteiger partial charge in [-0.2, -0.15) is 0 Å². The van der Waals surface area contributed by atoms with Crippen molar-refractivity contribution in [3.63, 3.8) is 0 Å². The molecule has 7 rings (SSSR count). The Morgan fingerprint density at radius 2 is 1.17 bits per heavy atom. The first kappa shape index (κ1) is 42.2. The number of carbonyl (C=O) groups is 3. The monoisotopic (exact) mass is 806 g/mol. The van der Waals surface area contributed by atoms with Gasteiger partial charge in [0.05, 0.1) is 29.3 Å². The van der Waals surface area contributed by atoms with E-state index in [1.54, 1.807) is 13.8 Å². The van der Waals surface area contributed by atoms with Crippen LogP contribution in [0.3, 0.4) is 0 Å². The number of anilines is 3.